The monoisotopic (exact) mass is 505 g/mol. The molecule has 0 radical (unpaired) electrons. The minimum atomic E-state index is -0.910. The number of ether oxygens (including phenoxy) is 1. The van der Waals surface area contributed by atoms with Gasteiger partial charge in [-0.15, -0.1) is 0 Å². The molecule has 1 atom stereocenters. The molecule has 0 saturated heterocycles. The quantitative estimate of drug-likeness (QED) is 0.331. The summed E-state index contributed by atoms with van der Waals surface area (Å²) in [6.07, 6.45) is 5.50. The number of nitrogens with one attached hydrogen (secondary N) is 2. The van der Waals surface area contributed by atoms with Crippen LogP contribution in [0.3, 0.4) is 0 Å². The molecule has 1 aromatic carbocycles. The maximum Gasteiger partial charge on any atom is 0.408 e. The number of rotatable bonds is 12. The Balaban J connectivity index is 3.24. The third-order valence-corrected chi connectivity index (χ3v) is 5.45. The molecule has 3 amide bonds. The molecule has 0 aromatic heterocycles. The minimum absolute atomic E-state index is 0.120. The molecule has 0 spiro atoms. The Labute approximate surface area is 217 Å². The highest BCUT2D eigenvalue weighted by atomic mass is 16.6. The SMILES string of the molecule is CCCCCCCCN(C(=O)CNC(=O)OC(C)(C)C)C(C(=O)NC(C)(C)C)c1ccc(O)c(C)c1. The highest BCUT2D eigenvalue weighted by Gasteiger charge is 2.33. The molecule has 0 saturated carbocycles. The molecule has 0 fully saturated rings. The van der Waals surface area contributed by atoms with E-state index in [1.54, 1.807) is 39.8 Å². The zero-order chi connectivity index (χ0) is 27.5. The lowest BCUT2D eigenvalue weighted by Crippen LogP contribution is -2.51. The summed E-state index contributed by atoms with van der Waals surface area (Å²) >= 11 is 0. The summed E-state index contributed by atoms with van der Waals surface area (Å²) in [5.41, 5.74) is 0.0122. The molecular weight excluding hydrogens is 458 g/mol. The van der Waals surface area contributed by atoms with Crippen molar-refractivity contribution in [3.63, 3.8) is 0 Å². The molecule has 0 bridgehead atoms. The summed E-state index contributed by atoms with van der Waals surface area (Å²) < 4.78 is 5.26. The maximum absolute atomic E-state index is 13.5. The van der Waals surface area contributed by atoms with Gasteiger partial charge in [0.05, 0.1) is 0 Å². The number of amides is 3. The van der Waals surface area contributed by atoms with Crippen LogP contribution in [0.2, 0.25) is 0 Å². The van der Waals surface area contributed by atoms with Crippen molar-refractivity contribution in [2.24, 2.45) is 0 Å². The van der Waals surface area contributed by atoms with E-state index in [2.05, 4.69) is 17.6 Å². The van der Waals surface area contributed by atoms with Crippen LogP contribution in [0.4, 0.5) is 4.79 Å². The van der Waals surface area contributed by atoms with Crippen LogP contribution in [0, 0.1) is 6.92 Å². The van der Waals surface area contributed by atoms with Crippen molar-refractivity contribution < 1.29 is 24.2 Å². The first-order valence-corrected chi connectivity index (χ1v) is 13.0. The predicted octanol–water partition coefficient (Wildman–Crippen LogP) is 5.37. The van der Waals surface area contributed by atoms with E-state index < -0.39 is 23.3 Å². The van der Waals surface area contributed by atoms with Gasteiger partial charge < -0.3 is 25.4 Å². The molecule has 204 valence electrons. The molecular formula is C28H47N3O5. The maximum atomic E-state index is 13.5. The summed E-state index contributed by atoms with van der Waals surface area (Å²) in [5, 5.41) is 15.6. The van der Waals surface area contributed by atoms with E-state index >= 15 is 0 Å². The Morgan fingerprint density at radius 3 is 2.17 bits per heavy atom. The predicted molar refractivity (Wildman–Crippen MR) is 143 cm³/mol. The molecule has 8 heteroatoms. The van der Waals surface area contributed by atoms with Crippen LogP contribution in [-0.2, 0) is 14.3 Å². The van der Waals surface area contributed by atoms with Gasteiger partial charge in [-0.1, -0.05) is 45.1 Å². The first kappa shape index (κ1) is 31.3. The van der Waals surface area contributed by atoms with Crippen LogP contribution >= 0.6 is 0 Å². The number of unbranched alkanes of at least 4 members (excludes halogenated alkanes) is 5. The van der Waals surface area contributed by atoms with Crippen LogP contribution in [0.15, 0.2) is 18.2 Å². The van der Waals surface area contributed by atoms with Gasteiger partial charge in [-0.25, -0.2) is 4.79 Å². The van der Waals surface area contributed by atoms with Gasteiger partial charge in [-0.05, 0) is 78.1 Å². The van der Waals surface area contributed by atoms with E-state index in [4.69, 9.17) is 4.74 Å². The van der Waals surface area contributed by atoms with E-state index in [0.717, 1.165) is 32.1 Å². The van der Waals surface area contributed by atoms with Crippen LogP contribution in [0.5, 0.6) is 5.75 Å². The summed E-state index contributed by atoms with van der Waals surface area (Å²) in [5.74, 6) is -0.576. The zero-order valence-electron chi connectivity index (χ0n) is 23.5. The molecule has 36 heavy (non-hydrogen) atoms. The Bertz CT molecular complexity index is 871. The van der Waals surface area contributed by atoms with Gasteiger partial charge >= 0.3 is 6.09 Å². The topological polar surface area (TPSA) is 108 Å². The average molecular weight is 506 g/mol. The summed E-state index contributed by atoms with van der Waals surface area (Å²) in [6.45, 7) is 14.9. The fourth-order valence-electron chi connectivity index (χ4n) is 3.78. The summed E-state index contributed by atoms with van der Waals surface area (Å²) in [7, 11) is 0. The summed E-state index contributed by atoms with van der Waals surface area (Å²) in [6, 6.07) is 4.02. The number of nitrogens with zero attached hydrogens (tertiary/aromatic N) is 1. The number of hydrogen-bond acceptors (Lipinski definition) is 5. The van der Waals surface area contributed by atoms with Crippen LogP contribution in [0.25, 0.3) is 0 Å². The Kier molecular flexibility index (Phi) is 12.2. The van der Waals surface area contributed by atoms with Crippen LogP contribution < -0.4 is 10.6 Å². The van der Waals surface area contributed by atoms with Crippen LogP contribution in [-0.4, -0.2) is 52.1 Å². The smallest absolute Gasteiger partial charge is 0.408 e. The van der Waals surface area contributed by atoms with Gasteiger partial charge in [0, 0.05) is 12.1 Å². The number of alkyl carbamates (subject to hydrolysis) is 1. The lowest BCUT2D eigenvalue weighted by molar-refractivity contribution is -0.141. The number of aromatic hydroxyl groups is 1. The van der Waals surface area contributed by atoms with Gasteiger partial charge in [0.2, 0.25) is 11.8 Å². The number of phenols is 1. The molecule has 0 aliphatic rings. The van der Waals surface area contributed by atoms with E-state index in [-0.39, 0.29) is 24.1 Å². The molecule has 1 unspecified atom stereocenters. The fraction of sp³-hybridized carbons (Fsp3) is 0.679. The highest BCUT2D eigenvalue weighted by molar-refractivity contribution is 5.90. The van der Waals surface area contributed by atoms with Gasteiger partial charge in [0.25, 0.3) is 0 Å². The second-order valence-corrected chi connectivity index (χ2v) is 11.4. The van der Waals surface area contributed by atoms with E-state index in [1.807, 2.05) is 20.8 Å². The molecule has 0 heterocycles. The number of benzene rings is 1. The van der Waals surface area contributed by atoms with Gasteiger partial charge in [0.15, 0.2) is 0 Å². The van der Waals surface area contributed by atoms with Crippen molar-refractivity contribution in [2.75, 3.05) is 13.1 Å². The second kappa shape index (κ2) is 14.1. The third kappa shape index (κ3) is 11.8. The minimum Gasteiger partial charge on any atom is -0.508 e. The Morgan fingerprint density at radius 2 is 1.61 bits per heavy atom. The van der Waals surface area contributed by atoms with Crippen molar-refractivity contribution in [1.29, 1.82) is 0 Å². The molecule has 1 rings (SSSR count). The molecule has 0 aliphatic heterocycles. The zero-order valence-corrected chi connectivity index (χ0v) is 23.5. The standard InChI is InChI=1S/C28H47N3O5/c1-9-10-11-12-13-14-17-31(23(33)19-29-26(35)36-28(6,7)8)24(25(34)30-27(3,4)5)21-15-16-22(32)20(2)18-21/h15-16,18,24,32H,9-14,17,19H2,1-8H3,(H,29,35)(H,30,34). The largest absolute Gasteiger partial charge is 0.508 e. The van der Waals surface area contributed by atoms with Crippen molar-refractivity contribution in [1.82, 2.24) is 15.5 Å². The number of carbonyl (C=O) groups excluding carboxylic acids is 3. The first-order valence-electron chi connectivity index (χ1n) is 13.0. The lowest BCUT2D eigenvalue weighted by atomic mass is 9.99. The number of aryl methyl sites for hydroxylation is 1. The van der Waals surface area contributed by atoms with Gasteiger partial charge in [-0.2, -0.15) is 0 Å². The fourth-order valence-corrected chi connectivity index (χ4v) is 3.78. The highest BCUT2D eigenvalue weighted by Crippen LogP contribution is 2.27. The van der Waals surface area contributed by atoms with Crippen molar-refractivity contribution >= 4 is 17.9 Å². The number of hydrogen-bond donors (Lipinski definition) is 3. The molecule has 3 N–H and O–H groups in total. The van der Waals surface area contributed by atoms with E-state index in [0.29, 0.717) is 17.7 Å². The van der Waals surface area contributed by atoms with Crippen molar-refractivity contribution in [2.45, 2.75) is 111 Å². The molecule has 1 aromatic rings. The number of carbonyl (C=O) groups is 3. The average Bonchev–Trinajstić information content (AvgIpc) is 2.73. The van der Waals surface area contributed by atoms with Crippen LogP contribution in [0.1, 0.15) is 104 Å². The van der Waals surface area contributed by atoms with Crippen molar-refractivity contribution in [3.8, 4) is 5.75 Å². The molecule has 8 nitrogen and oxygen atoms in total. The van der Waals surface area contributed by atoms with Gasteiger partial charge in [0.1, 0.15) is 23.9 Å². The molecule has 0 aliphatic carbocycles. The lowest BCUT2D eigenvalue weighted by Gasteiger charge is -2.34. The second-order valence-electron chi connectivity index (χ2n) is 11.4. The van der Waals surface area contributed by atoms with Gasteiger partial charge in [-0.3, -0.25) is 9.59 Å². The van der Waals surface area contributed by atoms with E-state index in [9.17, 15) is 19.5 Å². The number of phenolic OH excluding ortho intramolecular Hbond substituents is 1. The van der Waals surface area contributed by atoms with Crippen molar-refractivity contribution in [3.05, 3.63) is 29.3 Å². The summed E-state index contributed by atoms with van der Waals surface area (Å²) in [4.78, 5) is 40.7. The normalized spacial score (nSPS) is 12.6. The van der Waals surface area contributed by atoms with E-state index in [1.165, 1.54) is 17.4 Å². The first-order chi connectivity index (χ1) is 16.6. The Morgan fingerprint density at radius 1 is 1.00 bits per heavy atom. The Hall–Kier alpha value is -2.77. The third-order valence-electron chi connectivity index (χ3n) is 5.45.